The number of likely N-dealkylation sites (tertiary alicyclic amines) is 1. The van der Waals surface area contributed by atoms with E-state index in [2.05, 4.69) is 10.2 Å². The maximum absolute atomic E-state index is 12.5. The molecule has 7 heteroatoms. The first kappa shape index (κ1) is 19.3. The lowest BCUT2D eigenvalue weighted by molar-refractivity contribution is -0.116. The number of rotatable bonds is 6. The predicted octanol–water partition coefficient (Wildman–Crippen LogP) is 3.20. The largest absolute Gasteiger partial charge is 0.462 e. The average molecular weight is 381 g/mol. The molecule has 0 aliphatic carbocycles. The molecule has 1 N–H and O–H groups in total. The lowest BCUT2D eigenvalue weighted by atomic mass is 9.94. The fourth-order valence-electron chi connectivity index (χ4n) is 3.49. The maximum atomic E-state index is 12.5. The summed E-state index contributed by atoms with van der Waals surface area (Å²) in [5.74, 6) is -0.424. The number of amides is 1. The number of carbonyl (C=O) groups is 2. The first-order chi connectivity index (χ1) is 12.4. The Kier molecular flexibility index (Phi) is 5.99. The molecule has 3 heterocycles. The monoisotopic (exact) mass is 380 g/mol. The van der Waals surface area contributed by atoms with Crippen molar-refractivity contribution < 1.29 is 19.1 Å². The second kappa shape index (κ2) is 8.06. The van der Waals surface area contributed by atoms with Crippen molar-refractivity contribution in [3.05, 3.63) is 15.3 Å². The quantitative estimate of drug-likeness (QED) is 0.768. The van der Waals surface area contributed by atoms with Gasteiger partial charge in [-0.15, -0.1) is 11.3 Å². The molecule has 0 saturated carbocycles. The molecule has 0 unspecified atom stereocenters. The zero-order chi connectivity index (χ0) is 18.7. The molecular weight excluding hydrogens is 352 g/mol. The lowest BCUT2D eigenvalue weighted by Gasteiger charge is -2.30. The van der Waals surface area contributed by atoms with E-state index >= 15 is 0 Å². The van der Waals surface area contributed by atoms with Crippen molar-refractivity contribution in [2.45, 2.75) is 58.7 Å². The first-order valence-electron chi connectivity index (χ1n) is 9.37. The summed E-state index contributed by atoms with van der Waals surface area (Å²) in [5, 5.41) is 3.01. The van der Waals surface area contributed by atoms with Gasteiger partial charge in [0.1, 0.15) is 4.88 Å². The molecule has 26 heavy (non-hydrogen) atoms. The van der Waals surface area contributed by atoms with Gasteiger partial charge in [0.2, 0.25) is 5.91 Å². The molecule has 2 aliphatic heterocycles. The molecule has 0 radical (unpaired) electrons. The van der Waals surface area contributed by atoms with Gasteiger partial charge >= 0.3 is 5.97 Å². The highest BCUT2D eigenvalue weighted by molar-refractivity contribution is 7.14. The number of fused-ring (bicyclic) bond motifs is 1. The van der Waals surface area contributed by atoms with Crippen molar-refractivity contribution in [3.63, 3.8) is 0 Å². The Balaban J connectivity index is 1.77. The molecule has 1 fully saturated rings. The zero-order valence-corrected chi connectivity index (χ0v) is 16.7. The molecule has 1 saturated heterocycles. The average Bonchev–Trinajstić information content (AvgIpc) is 3.21. The van der Waals surface area contributed by atoms with E-state index in [0.717, 1.165) is 30.1 Å². The molecule has 1 aromatic rings. The van der Waals surface area contributed by atoms with Gasteiger partial charge in [-0.3, -0.25) is 4.79 Å². The van der Waals surface area contributed by atoms with Crippen LogP contribution in [0.1, 0.15) is 60.1 Å². The highest BCUT2D eigenvalue weighted by Gasteiger charge is 2.33. The highest BCUT2D eigenvalue weighted by atomic mass is 32.1. The van der Waals surface area contributed by atoms with Crippen LogP contribution in [0.3, 0.4) is 0 Å². The van der Waals surface area contributed by atoms with E-state index in [1.165, 1.54) is 24.2 Å². The van der Waals surface area contributed by atoms with Crippen LogP contribution in [0.4, 0.5) is 5.69 Å². The molecule has 0 aromatic carbocycles. The van der Waals surface area contributed by atoms with Crippen molar-refractivity contribution in [2.75, 3.05) is 31.6 Å². The standard InChI is InChI=1S/C19H28N2O4S/c1-4-24-18(23)17-16(13-11-19(2,3)25-12-14(13)26-17)20-15(22)7-10-21-8-5-6-9-21/h4-12H2,1-3H3,(H,20,22). The van der Waals surface area contributed by atoms with Crippen LogP contribution >= 0.6 is 11.3 Å². The van der Waals surface area contributed by atoms with E-state index in [1.807, 2.05) is 13.8 Å². The summed E-state index contributed by atoms with van der Waals surface area (Å²) < 4.78 is 11.1. The van der Waals surface area contributed by atoms with Crippen molar-refractivity contribution in [2.24, 2.45) is 0 Å². The number of anilines is 1. The fourth-order valence-corrected chi connectivity index (χ4v) is 4.57. The van der Waals surface area contributed by atoms with Crippen LogP contribution in [0.2, 0.25) is 0 Å². The number of carbonyl (C=O) groups excluding carboxylic acids is 2. The van der Waals surface area contributed by atoms with E-state index in [1.54, 1.807) is 6.92 Å². The Morgan fingerprint density at radius 1 is 1.31 bits per heavy atom. The normalized spacial score (nSPS) is 19.2. The number of hydrogen-bond acceptors (Lipinski definition) is 6. The number of thiophene rings is 1. The fraction of sp³-hybridized carbons (Fsp3) is 0.684. The number of ether oxygens (including phenoxy) is 2. The Morgan fingerprint density at radius 2 is 2.04 bits per heavy atom. The van der Waals surface area contributed by atoms with Gasteiger partial charge in [0.25, 0.3) is 0 Å². The number of nitrogens with zero attached hydrogens (tertiary/aromatic N) is 1. The van der Waals surface area contributed by atoms with Crippen molar-refractivity contribution in [3.8, 4) is 0 Å². The van der Waals surface area contributed by atoms with Gasteiger partial charge in [0, 0.05) is 24.3 Å². The Morgan fingerprint density at radius 3 is 2.73 bits per heavy atom. The third-order valence-corrected chi connectivity index (χ3v) is 6.05. The van der Waals surface area contributed by atoms with Crippen molar-refractivity contribution in [1.29, 1.82) is 0 Å². The van der Waals surface area contributed by atoms with Crippen LogP contribution in [-0.2, 0) is 27.3 Å². The van der Waals surface area contributed by atoms with Crippen LogP contribution in [0.25, 0.3) is 0 Å². The summed E-state index contributed by atoms with van der Waals surface area (Å²) >= 11 is 1.37. The minimum absolute atomic E-state index is 0.0488. The maximum Gasteiger partial charge on any atom is 0.350 e. The molecule has 2 aliphatic rings. The Labute approximate surface area is 158 Å². The van der Waals surface area contributed by atoms with E-state index < -0.39 is 0 Å². The third kappa shape index (κ3) is 4.45. The van der Waals surface area contributed by atoms with Gasteiger partial charge in [0.05, 0.1) is 24.5 Å². The second-order valence-electron chi connectivity index (χ2n) is 7.50. The van der Waals surface area contributed by atoms with Gasteiger partial charge in [-0.1, -0.05) is 0 Å². The Hall–Kier alpha value is -1.44. The first-order valence-corrected chi connectivity index (χ1v) is 10.2. The van der Waals surface area contributed by atoms with Gasteiger partial charge in [-0.2, -0.15) is 0 Å². The molecule has 0 spiro atoms. The van der Waals surface area contributed by atoms with Crippen molar-refractivity contribution >= 4 is 28.9 Å². The van der Waals surface area contributed by atoms with Crippen LogP contribution in [0.5, 0.6) is 0 Å². The van der Waals surface area contributed by atoms with Crippen LogP contribution in [0.15, 0.2) is 0 Å². The molecule has 3 rings (SSSR count). The second-order valence-corrected chi connectivity index (χ2v) is 8.61. The summed E-state index contributed by atoms with van der Waals surface area (Å²) in [6.07, 6.45) is 3.52. The molecule has 6 nitrogen and oxygen atoms in total. The molecule has 0 atom stereocenters. The number of esters is 1. The van der Waals surface area contributed by atoms with Gasteiger partial charge in [-0.25, -0.2) is 4.79 Å². The highest BCUT2D eigenvalue weighted by Crippen LogP contribution is 2.41. The summed E-state index contributed by atoms with van der Waals surface area (Å²) in [6.45, 7) is 9.51. The number of nitrogens with one attached hydrogen (secondary N) is 1. The molecule has 1 amide bonds. The Bertz CT molecular complexity index is 677. The minimum Gasteiger partial charge on any atom is -0.462 e. The van der Waals surface area contributed by atoms with Crippen LogP contribution in [-0.4, -0.2) is 48.6 Å². The summed E-state index contributed by atoms with van der Waals surface area (Å²) in [4.78, 5) is 28.7. The van der Waals surface area contributed by atoms with Gasteiger partial charge in [0.15, 0.2) is 0 Å². The van der Waals surface area contributed by atoms with E-state index in [9.17, 15) is 9.59 Å². The number of hydrogen-bond donors (Lipinski definition) is 1. The van der Waals surface area contributed by atoms with Crippen LogP contribution in [0, 0.1) is 0 Å². The molecule has 1 aromatic heterocycles. The third-order valence-electron chi connectivity index (χ3n) is 4.87. The van der Waals surface area contributed by atoms with E-state index in [4.69, 9.17) is 9.47 Å². The molecular formula is C19H28N2O4S. The molecule has 144 valence electrons. The lowest BCUT2D eigenvalue weighted by Crippen LogP contribution is -2.32. The minimum atomic E-state index is -0.375. The SMILES string of the molecule is CCOC(=O)c1sc2c(c1NC(=O)CCN1CCCC1)CC(C)(C)OC2. The topological polar surface area (TPSA) is 67.9 Å². The molecule has 0 bridgehead atoms. The van der Waals surface area contributed by atoms with Crippen molar-refractivity contribution in [1.82, 2.24) is 4.90 Å². The summed E-state index contributed by atoms with van der Waals surface area (Å²) in [6, 6.07) is 0. The van der Waals surface area contributed by atoms with E-state index in [-0.39, 0.29) is 17.5 Å². The van der Waals surface area contributed by atoms with Gasteiger partial charge in [-0.05, 0) is 52.3 Å². The van der Waals surface area contributed by atoms with E-state index in [0.29, 0.717) is 36.6 Å². The summed E-state index contributed by atoms with van der Waals surface area (Å²) in [5.41, 5.74) is 1.34. The predicted molar refractivity (Wildman–Crippen MR) is 102 cm³/mol. The summed E-state index contributed by atoms with van der Waals surface area (Å²) in [7, 11) is 0. The smallest absolute Gasteiger partial charge is 0.350 e. The van der Waals surface area contributed by atoms with Crippen LogP contribution < -0.4 is 5.32 Å². The van der Waals surface area contributed by atoms with Gasteiger partial charge < -0.3 is 19.7 Å². The zero-order valence-electron chi connectivity index (χ0n) is 15.9.